The topological polar surface area (TPSA) is 73.6 Å². The average Bonchev–Trinajstić information content (AvgIpc) is 2.55. The zero-order chi connectivity index (χ0) is 16.0. The van der Waals surface area contributed by atoms with E-state index >= 15 is 0 Å². The number of nitrogens with two attached hydrogens (primary N) is 1. The highest BCUT2D eigenvalue weighted by Gasteiger charge is 2.34. The molecule has 0 spiro atoms. The van der Waals surface area contributed by atoms with Crippen molar-refractivity contribution in [1.29, 1.82) is 0 Å². The predicted octanol–water partition coefficient (Wildman–Crippen LogP) is 2.45. The second-order valence-electron chi connectivity index (χ2n) is 5.90. The molecule has 0 aliphatic heterocycles. The molecular weight excluding hydrogens is 316 g/mol. The number of halogens is 1. The molecule has 5 nitrogen and oxygen atoms in total. The Labute approximate surface area is 144 Å². The Morgan fingerprint density at radius 2 is 1.91 bits per heavy atom. The van der Waals surface area contributed by atoms with Crippen LogP contribution >= 0.6 is 12.4 Å². The van der Waals surface area contributed by atoms with Crippen LogP contribution in [0.4, 0.5) is 0 Å². The van der Waals surface area contributed by atoms with Crippen LogP contribution in [0.3, 0.4) is 0 Å². The number of amides is 1. The second kappa shape index (κ2) is 8.99. The Morgan fingerprint density at radius 1 is 1.22 bits per heavy atom. The zero-order valence-corrected chi connectivity index (χ0v) is 14.7. The Kier molecular flexibility index (Phi) is 7.65. The summed E-state index contributed by atoms with van der Waals surface area (Å²) in [6.07, 6.45) is 5.49. The van der Waals surface area contributed by atoms with Gasteiger partial charge < -0.3 is 20.5 Å². The lowest BCUT2D eigenvalue weighted by Gasteiger charge is -2.31. The molecule has 0 aromatic heterocycles. The van der Waals surface area contributed by atoms with Gasteiger partial charge in [-0.05, 0) is 43.0 Å². The predicted molar refractivity (Wildman–Crippen MR) is 93.5 cm³/mol. The van der Waals surface area contributed by atoms with Crippen LogP contribution in [0.2, 0.25) is 0 Å². The maximum atomic E-state index is 12.3. The average molecular weight is 343 g/mol. The summed E-state index contributed by atoms with van der Waals surface area (Å²) in [7, 11) is 3.27. The first-order valence-electron chi connectivity index (χ1n) is 7.87. The molecule has 1 aromatic rings. The Morgan fingerprint density at radius 3 is 2.52 bits per heavy atom. The van der Waals surface area contributed by atoms with E-state index in [2.05, 4.69) is 5.32 Å². The van der Waals surface area contributed by atoms with Gasteiger partial charge in [0.2, 0.25) is 5.91 Å². The van der Waals surface area contributed by atoms with Gasteiger partial charge in [0.05, 0.1) is 19.8 Å². The van der Waals surface area contributed by atoms with Crippen molar-refractivity contribution in [2.75, 3.05) is 20.8 Å². The molecular formula is C17H27ClN2O3. The summed E-state index contributed by atoms with van der Waals surface area (Å²) in [4.78, 5) is 12.3. The maximum absolute atomic E-state index is 12.3. The summed E-state index contributed by atoms with van der Waals surface area (Å²) in [5.74, 6) is 1.55. The third-order valence-electron chi connectivity index (χ3n) is 4.37. The van der Waals surface area contributed by atoms with E-state index < -0.39 is 5.54 Å². The number of nitrogens with one attached hydrogen (secondary N) is 1. The molecule has 1 aliphatic carbocycles. The molecule has 3 N–H and O–H groups in total. The third-order valence-corrected chi connectivity index (χ3v) is 4.37. The van der Waals surface area contributed by atoms with E-state index in [0.717, 1.165) is 42.7 Å². The first kappa shape index (κ1) is 19.6. The van der Waals surface area contributed by atoms with E-state index in [1.54, 1.807) is 14.2 Å². The van der Waals surface area contributed by atoms with E-state index in [4.69, 9.17) is 15.2 Å². The van der Waals surface area contributed by atoms with E-state index in [1.807, 2.05) is 18.2 Å². The van der Waals surface area contributed by atoms with E-state index in [1.165, 1.54) is 6.42 Å². The van der Waals surface area contributed by atoms with Crippen LogP contribution in [-0.2, 0) is 11.2 Å². The SMILES string of the molecule is COc1ccc(OC)c(CCNC(=O)C2(N)CCCCC2)c1.Cl. The van der Waals surface area contributed by atoms with Gasteiger partial charge in [0.1, 0.15) is 11.5 Å². The molecule has 0 atom stereocenters. The standard InChI is InChI=1S/C17H26N2O3.ClH/c1-21-14-6-7-15(22-2)13(12-14)8-11-19-16(20)17(18)9-4-3-5-10-17;/h6-7,12H,3-5,8-11,18H2,1-2H3,(H,19,20);1H. The fraction of sp³-hybridized carbons (Fsp3) is 0.588. The molecule has 0 heterocycles. The van der Waals surface area contributed by atoms with E-state index in [9.17, 15) is 4.79 Å². The highest BCUT2D eigenvalue weighted by Crippen LogP contribution is 2.26. The molecule has 2 rings (SSSR count). The normalized spacial score (nSPS) is 16.1. The summed E-state index contributed by atoms with van der Waals surface area (Å²) >= 11 is 0. The Balaban J connectivity index is 0.00000264. The number of methoxy groups -OCH3 is 2. The van der Waals surface area contributed by atoms with Crippen molar-refractivity contribution in [3.8, 4) is 11.5 Å². The largest absolute Gasteiger partial charge is 0.497 e. The summed E-state index contributed by atoms with van der Waals surface area (Å²) < 4.78 is 10.6. The Hall–Kier alpha value is -1.46. The molecule has 130 valence electrons. The van der Waals surface area contributed by atoms with Gasteiger partial charge in [-0.2, -0.15) is 0 Å². The highest BCUT2D eigenvalue weighted by atomic mass is 35.5. The van der Waals surface area contributed by atoms with Crippen molar-refractivity contribution in [3.63, 3.8) is 0 Å². The summed E-state index contributed by atoms with van der Waals surface area (Å²) in [6.45, 7) is 0.543. The molecule has 23 heavy (non-hydrogen) atoms. The van der Waals surface area contributed by atoms with Crippen molar-refractivity contribution in [1.82, 2.24) is 5.32 Å². The molecule has 1 fully saturated rings. The first-order valence-corrected chi connectivity index (χ1v) is 7.87. The maximum Gasteiger partial charge on any atom is 0.240 e. The van der Waals surface area contributed by atoms with Crippen molar-refractivity contribution >= 4 is 18.3 Å². The summed E-state index contributed by atoms with van der Waals surface area (Å²) in [5.41, 5.74) is 6.55. The number of carbonyl (C=O) groups excluding carboxylic acids is 1. The molecule has 0 radical (unpaired) electrons. The fourth-order valence-corrected chi connectivity index (χ4v) is 2.97. The fourth-order valence-electron chi connectivity index (χ4n) is 2.97. The van der Waals surface area contributed by atoms with Crippen LogP contribution in [0.25, 0.3) is 0 Å². The van der Waals surface area contributed by atoms with Gasteiger partial charge in [0, 0.05) is 6.54 Å². The van der Waals surface area contributed by atoms with Crippen LogP contribution in [-0.4, -0.2) is 32.2 Å². The van der Waals surface area contributed by atoms with Gasteiger partial charge in [-0.25, -0.2) is 0 Å². The van der Waals surface area contributed by atoms with Gasteiger partial charge in [0.15, 0.2) is 0 Å². The number of hydrogen-bond acceptors (Lipinski definition) is 4. The van der Waals surface area contributed by atoms with Gasteiger partial charge in [-0.1, -0.05) is 19.3 Å². The molecule has 1 aliphatic rings. The van der Waals surface area contributed by atoms with Crippen LogP contribution in [0.1, 0.15) is 37.7 Å². The molecule has 0 saturated heterocycles. The van der Waals surface area contributed by atoms with Crippen LogP contribution in [0.15, 0.2) is 18.2 Å². The van der Waals surface area contributed by atoms with Crippen molar-refractivity contribution in [2.24, 2.45) is 5.73 Å². The molecule has 1 amide bonds. The van der Waals surface area contributed by atoms with Crippen molar-refractivity contribution in [3.05, 3.63) is 23.8 Å². The van der Waals surface area contributed by atoms with Gasteiger partial charge in [-0.15, -0.1) is 12.4 Å². The van der Waals surface area contributed by atoms with Gasteiger partial charge >= 0.3 is 0 Å². The summed E-state index contributed by atoms with van der Waals surface area (Å²) in [6, 6.07) is 5.67. The quantitative estimate of drug-likeness (QED) is 0.832. The highest BCUT2D eigenvalue weighted by molar-refractivity contribution is 5.86. The number of carbonyl (C=O) groups is 1. The minimum absolute atomic E-state index is 0. The second-order valence-corrected chi connectivity index (χ2v) is 5.90. The smallest absolute Gasteiger partial charge is 0.240 e. The zero-order valence-electron chi connectivity index (χ0n) is 13.9. The molecule has 0 bridgehead atoms. The molecule has 6 heteroatoms. The third kappa shape index (κ3) is 5.01. The first-order chi connectivity index (χ1) is 10.6. The number of rotatable bonds is 6. The van der Waals surface area contributed by atoms with E-state index in [0.29, 0.717) is 13.0 Å². The van der Waals surface area contributed by atoms with E-state index in [-0.39, 0.29) is 18.3 Å². The monoisotopic (exact) mass is 342 g/mol. The van der Waals surface area contributed by atoms with Crippen LogP contribution in [0.5, 0.6) is 11.5 Å². The van der Waals surface area contributed by atoms with Gasteiger partial charge in [-0.3, -0.25) is 4.79 Å². The van der Waals surface area contributed by atoms with Crippen molar-refractivity contribution < 1.29 is 14.3 Å². The van der Waals surface area contributed by atoms with Crippen LogP contribution < -0.4 is 20.5 Å². The van der Waals surface area contributed by atoms with Crippen LogP contribution in [0, 0.1) is 0 Å². The lowest BCUT2D eigenvalue weighted by Crippen LogP contribution is -2.55. The number of hydrogen-bond donors (Lipinski definition) is 2. The minimum Gasteiger partial charge on any atom is -0.497 e. The molecule has 1 aromatic carbocycles. The number of benzene rings is 1. The lowest BCUT2D eigenvalue weighted by atomic mass is 9.82. The molecule has 1 saturated carbocycles. The summed E-state index contributed by atoms with van der Waals surface area (Å²) in [5, 5.41) is 2.97. The minimum atomic E-state index is -0.684. The Bertz CT molecular complexity index is 517. The lowest BCUT2D eigenvalue weighted by molar-refractivity contribution is -0.127. The van der Waals surface area contributed by atoms with Gasteiger partial charge in [0.25, 0.3) is 0 Å². The molecule has 0 unspecified atom stereocenters. The van der Waals surface area contributed by atoms with Crippen molar-refractivity contribution in [2.45, 2.75) is 44.1 Å². The number of ether oxygens (including phenoxy) is 2.